The molecule has 1 aliphatic rings. The SMILES string of the molecule is O=C(O)[C@H]1CN(C(=O)Cc2c[nH]c3ccccc23)c2ccccc21. The van der Waals surface area contributed by atoms with Crippen molar-refractivity contribution in [3.8, 4) is 0 Å². The van der Waals surface area contributed by atoms with E-state index >= 15 is 0 Å². The van der Waals surface area contributed by atoms with E-state index in [0.717, 1.165) is 16.5 Å². The smallest absolute Gasteiger partial charge is 0.312 e. The predicted molar refractivity (Wildman–Crippen MR) is 91.2 cm³/mol. The van der Waals surface area contributed by atoms with Crippen molar-refractivity contribution in [3.63, 3.8) is 0 Å². The number of aromatic nitrogens is 1. The summed E-state index contributed by atoms with van der Waals surface area (Å²) in [6.07, 6.45) is 2.09. The van der Waals surface area contributed by atoms with Gasteiger partial charge in [0.05, 0.1) is 6.42 Å². The van der Waals surface area contributed by atoms with Crippen LogP contribution in [0.15, 0.2) is 54.7 Å². The largest absolute Gasteiger partial charge is 0.481 e. The topological polar surface area (TPSA) is 73.4 Å². The molecule has 24 heavy (non-hydrogen) atoms. The number of aliphatic carboxylic acids is 1. The minimum atomic E-state index is -0.898. The van der Waals surface area contributed by atoms with Crippen LogP contribution in [0.2, 0.25) is 0 Å². The molecule has 120 valence electrons. The maximum absolute atomic E-state index is 12.8. The van der Waals surface area contributed by atoms with E-state index in [9.17, 15) is 14.7 Å². The Bertz CT molecular complexity index is 944. The van der Waals surface area contributed by atoms with Gasteiger partial charge in [-0.1, -0.05) is 36.4 Å². The van der Waals surface area contributed by atoms with E-state index in [1.165, 1.54) is 0 Å². The lowest BCUT2D eigenvalue weighted by molar-refractivity contribution is -0.138. The first kappa shape index (κ1) is 14.5. The molecule has 0 aliphatic carbocycles. The molecule has 2 heterocycles. The van der Waals surface area contributed by atoms with Gasteiger partial charge < -0.3 is 15.0 Å². The number of H-pyrrole nitrogens is 1. The number of aromatic amines is 1. The van der Waals surface area contributed by atoms with Crippen LogP contribution < -0.4 is 4.90 Å². The van der Waals surface area contributed by atoms with E-state index in [-0.39, 0.29) is 18.9 Å². The maximum Gasteiger partial charge on any atom is 0.312 e. The third-order valence-corrected chi connectivity index (χ3v) is 4.58. The van der Waals surface area contributed by atoms with Crippen molar-refractivity contribution in [1.29, 1.82) is 0 Å². The fraction of sp³-hybridized carbons (Fsp3) is 0.158. The van der Waals surface area contributed by atoms with E-state index in [0.29, 0.717) is 11.3 Å². The highest BCUT2D eigenvalue weighted by atomic mass is 16.4. The summed E-state index contributed by atoms with van der Waals surface area (Å²) in [5, 5.41) is 10.4. The predicted octanol–water partition coefficient (Wildman–Crippen LogP) is 2.93. The number of nitrogens with zero attached hydrogens (tertiary/aromatic N) is 1. The Labute approximate surface area is 138 Å². The van der Waals surface area contributed by atoms with Crippen LogP contribution in [0.25, 0.3) is 10.9 Å². The molecule has 0 saturated carbocycles. The van der Waals surface area contributed by atoms with Crippen LogP contribution in [0.5, 0.6) is 0 Å². The second-order valence-electron chi connectivity index (χ2n) is 5.99. The van der Waals surface area contributed by atoms with Crippen LogP contribution in [0, 0.1) is 0 Å². The first-order valence-electron chi connectivity index (χ1n) is 7.82. The summed E-state index contributed by atoms with van der Waals surface area (Å²) in [6.45, 7) is 0.190. The number of carbonyl (C=O) groups is 2. The molecule has 4 rings (SSSR count). The molecule has 3 aromatic rings. The zero-order valence-corrected chi connectivity index (χ0v) is 12.9. The number of amides is 1. The van der Waals surface area contributed by atoms with Crippen LogP contribution in [0.4, 0.5) is 5.69 Å². The molecule has 0 spiro atoms. The van der Waals surface area contributed by atoms with Crippen LogP contribution in [0.3, 0.4) is 0 Å². The van der Waals surface area contributed by atoms with Crippen molar-refractivity contribution in [1.82, 2.24) is 4.98 Å². The summed E-state index contributed by atoms with van der Waals surface area (Å²) >= 11 is 0. The average molecular weight is 320 g/mol. The second kappa shape index (κ2) is 5.53. The molecule has 1 amide bonds. The van der Waals surface area contributed by atoms with Crippen molar-refractivity contribution < 1.29 is 14.7 Å². The number of para-hydroxylation sites is 2. The van der Waals surface area contributed by atoms with Gasteiger partial charge in [0.1, 0.15) is 5.92 Å². The minimum absolute atomic E-state index is 0.0871. The zero-order valence-electron chi connectivity index (χ0n) is 12.9. The molecule has 1 aromatic heterocycles. The number of anilines is 1. The highest BCUT2D eigenvalue weighted by Gasteiger charge is 2.36. The summed E-state index contributed by atoms with van der Waals surface area (Å²) in [4.78, 5) is 29.0. The maximum atomic E-state index is 12.8. The van der Waals surface area contributed by atoms with Gasteiger partial charge in [0, 0.05) is 29.3 Å². The van der Waals surface area contributed by atoms with Crippen molar-refractivity contribution in [2.24, 2.45) is 0 Å². The van der Waals surface area contributed by atoms with E-state index < -0.39 is 11.9 Å². The Morgan fingerprint density at radius 3 is 2.71 bits per heavy atom. The van der Waals surface area contributed by atoms with Gasteiger partial charge in [-0.15, -0.1) is 0 Å². The van der Waals surface area contributed by atoms with Crippen LogP contribution in [-0.4, -0.2) is 28.5 Å². The molecule has 0 fully saturated rings. The number of fused-ring (bicyclic) bond motifs is 2. The quantitative estimate of drug-likeness (QED) is 0.779. The fourth-order valence-corrected chi connectivity index (χ4v) is 3.39. The molecule has 5 heteroatoms. The van der Waals surface area contributed by atoms with Crippen molar-refractivity contribution >= 4 is 28.5 Å². The van der Waals surface area contributed by atoms with Gasteiger partial charge >= 0.3 is 5.97 Å². The molecular weight excluding hydrogens is 304 g/mol. The Morgan fingerprint density at radius 1 is 1.12 bits per heavy atom. The van der Waals surface area contributed by atoms with Crippen LogP contribution >= 0.6 is 0 Å². The van der Waals surface area contributed by atoms with Crippen molar-refractivity contribution in [2.45, 2.75) is 12.3 Å². The first-order chi connectivity index (χ1) is 11.6. The number of hydrogen-bond donors (Lipinski definition) is 2. The van der Waals surface area contributed by atoms with Gasteiger partial charge in [-0.05, 0) is 23.3 Å². The highest BCUT2D eigenvalue weighted by molar-refractivity contribution is 6.01. The molecule has 5 nitrogen and oxygen atoms in total. The van der Waals surface area contributed by atoms with Gasteiger partial charge in [-0.2, -0.15) is 0 Å². The average Bonchev–Trinajstić information content (AvgIpc) is 3.17. The number of rotatable bonds is 3. The number of nitrogens with one attached hydrogen (secondary N) is 1. The third-order valence-electron chi connectivity index (χ3n) is 4.58. The van der Waals surface area contributed by atoms with Crippen LogP contribution in [0.1, 0.15) is 17.0 Å². The standard InChI is InChI=1S/C19H16N2O3/c22-18(9-12-10-20-16-7-3-1-5-13(12)16)21-11-15(19(23)24)14-6-2-4-8-17(14)21/h1-8,10,15,20H,9,11H2,(H,23,24)/t15-/m0/s1. The second-order valence-corrected chi connectivity index (χ2v) is 5.99. The first-order valence-corrected chi connectivity index (χ1v) is 7.82. The molecule has 0 bridgehead atoms. The van der Waals surface area contributed by atoms with E-state index in [2.05, 4.69) is 4.98 Å². The minimum Gasteiger partial charge on any atom is -0.481 e. The lowest BCUT2D eigenvalue weighted by Gasteiger charge is -2.17. The van der Waals surface area contributed by atoms with E-state index in [4.69, 9.17) is 0 Å². The summed E-state index contributed by atoms with van der Waals surface area (Å²) in [6, 6.07) is 15.1. The summed E-state index contributed by atoms with van der Waals surface area (Å²) < 4.78 is 0. The van der Waals surface area contributed by atoms with Gasteiger partial charge in [0.15, 0.2) is 0 Å². The number of hydrogen-bond acceptors (Lipinski definition) is 2. The Balaban J connectivity index is 1.65. The molecule has 0 unspecified atom stereocenters. The zero-order chi connectivity index (χ0) is 16.7. The Hall–Kier alpha value is -3.08. The number of carboxylic acid groups (broad SMARTS) is 1. The molecule has 1 aliphatic heterocycles. The van der Waals surface area contributed by atoms with Gasteiger partial charge in [0.2, 0.25) is 5.91 Å². The highest BCUT2D eigenvalue weighted by Crippen LogP contribution is 2.36. The van der Waals surface area contributed by atoms with Crippen molar-refractivity contribution in [3.05, 3.63) is 65.9 Å². The fourth-order valence-electron chi connectivity index (χ4n) is 3.39. The summed E-state index contributed by atoms with van der Waals surface area (Å²) in [7, 11) is 0. The van der Waals surface area contributed by atoms with Gasteiger partial charge in [0.25, 0.3) is 0 Å². The number of benzene rings is 2. The molecule has 0 saturated heterocycles. The lowest BCUT2D eigenvalue weighted by atomic mass is 10.0. The van der Waals surface area contributed by atoms with Crippen LogP contribution in [-0.2, 0) is 16.0 Å². The Kier molecular flexibility index (Phi) is 3.34. The van der Waals surface area contributed by atoms with E-state index in [1.54, 1.807) is 11.0 Å². The summed E-state index contributed by atoms with van der Waals surface area (Å²) in [5.74, 6) is -1.64. The van der Waals surface area contributed by atoms with Gasteiger partial charge in [-0.25, -0.2) is 0 Å². The molecule has 0 radical (unpaired) electrons. The molecule has 2 N–H and O–H groups in total. The lowest BCUT2D eigenvalue weighted by Crippen LogP contribution is -2.32. The Morgan fingerprint density at radius 2 is 1.88 bits per heavy atom. The molecule has 2 aromatic carbocycles. The third kappa shape index (κ3) is 2.25. The number of carboxylic acids is 1. The van der Waals surface area contributed by atoms with Crippen molar-refractivity contribution in [2.75, 3.05) is 11.4 Å². The number of carbonyl (C=O) groups excluding carboxylic acids is 1. The normalized spacial score (nSPS) is 16.3. The monoisotopic (exact) mass is 320 g/mol. The molecular formula is C19H16N2O3. The summed E-state index contributed by atoms with van der Waals surface area (Å²) in [5.41, 5.74) is 3.32. The molecule has 1 atom stereocenters. The van der Waals surface area contributed by atoms with E-state index in [1.807, 2.05) is 48.7 Å². The van der Waals surface area contributed by atoms with Gasteiger partial charge in [-0.3, -0.25) is 9.59 Å².